The first-order valence-electron chi connectivity index (χ1n) is 5.60. The number of ketones is 1. The molecule has 96 valence electrons. The Hall–Kier alpha value is -2.20. The molecule has 19 heavy (non-hydrogen) atoms. The summed E-state index contributed by atoms with van der Waals surface area (Å²) >= 11 is 5.65. The summed E-state index contributed by atoms with van der Waals surface area (Å²) < 4.78 is 0. The van der Waals surface area contributed by atoms with Crippen molar-refractivity contribution in [3.05, 3.63) is 58.9 Å². The Kier molecular flexibility index (Phi) is 3.92. The van der Waals surface area contributed by atoms with Crippen molar-refractivity contribution in [3.63, 3.8) is 0 Å². The highest BCUT2D eigenvalue weighted by molar-refractivity contribution is 6.29. The Labute approximate surface area is 115 Å². The zero-order valence-electron chi connectivity index (χ0n) is 10.2. The number of carbonyl (C=O) groups excluding carboxylic acids is 2. The van der Waals surface area contributed by atoms with Gasteiger partial charge in [-0.1, -0.05) is 23.7 Å². The molecular weight excluding hydrogens is 264 g/mol. The van der Waals surface area contributed by atoms with Gasteiger partial charge in [0.2, 0.25) is 0 Å². The number of hydrogen-bond donors (Lipinski definition) is 1. The Bertz CT molecular complexity index is 624. The molecule has 1 aromatic carbocycles. The van der Waals surface area contributed by atoms with E-state index < -0.39 is 0 Å². The molecule has 0 unspecified atom stereocenters. The van der Waals surface area contributed by atoms with Gasteiger partial charge in [-0.3, -0.25) is 9.59 Å². The Morgan fingerprint density at radius 1 is 1.16 bits per heavy atom. The number of nitrogens with one attached hydrogen (secondary N) is 1. The van der Waals surface area contributed by atoms with Crippen molar-refractivity contribution >= 4 is 29.0 Å². The molecule has 4 nitrogen and oxygen atoms in total. The molecule has 0 aliphatic rings. The predicted octanol–water partition coefficient (Wildman–Crippen LogP) is 3.19. The first-order valence-corrected chi connectivity index (χ1v) is 5.98. The minimum atomic E-state index is -0.301. The SMILES string of the molecule is CC(=O)c1cccc(NC(=O)c2ccc(Cl)nc2)c1. The van der Waals surface area contributed by atoms with Crippen LogP contribution in [0.5, 0.6) is 0 Å². The molecule has 2 aromatic rings. The molecule has 0 atom stereocenters. The van der Waals surface area contributed by atoms with Crippen LogP contribution in [0, 0.1) is 0 Å². The van der Waals surface area contributed by atoms with Crippen LogP contribution in [-0.4, -0.2) is 16.7 Å². The van der Waals surface area contributed by atoms with Crippen LogP contribution >= 0.6 is 11.6 Å². The predicted molar refractivity (Wildman–Crippen MR) is 73.6 cm³/mol. The molecule has 0 fully saturated rings. The smallest absolute Gasteiger partial charge is 0.257 e. The number of halogens is 1. The van der Waals surface area contributed by atoms with Crippen molar-refractivity contribution in [1.82, 2.24) is 4.98 Å². The van der Waals surface area contributed by atoms with Gasteiger partial charge in [-0.05, 0) is 31.2 Å². The highest BCUT2D eigenvalue weighted by Crippen LogP contribution is 2.13. The molecule has 1 amide bonds. The normalized spacial score (nSPS) is 10.0. The highest BCUT2D eigenvalue weighted by atomic mass is 35.5. The lowest BCUT2D eigenvalue weighted by Gasteiger charge is -2.06. The zero-order valence-corrected chi connectivity index (χ0v) is 10.9. The van der Waals surface area contributed by atoms with E-state index in [0.29, 0.717) is 22.0 Å². The van der Waals surface area contributed by atoms with E-state index in [0.717, 1.165) is 0 Å². The molecule has 0 aliphatic heterocycles. The fraction of sp³-hybridized carbons (Fsp3) is 0.0714. The van der Waals surface area contributed by atoms with E-state index in [1.807, 2.05) is 0 Å². The van der Waals surface area contributed by atoms with E-state index in [1.54, 1.807) is 36.4 Å². The standard InChI is InChI=1S/C14H11ClN2O2/c1-9(18)10-3-2-4-12(7-10)17-14(19)11-5-6-13(15)16-8-11/h2-8H,1H3,(H,17,19). The van der Waals surface area contributed by atoms with E-state index in [2.05, 4.69) is 10.3 Å². The molecular formula is C14H11ClN2O2. The van der Waals surface area contributed by atoms with Gasteiger partial charge in [0.25, 0.3) is 5.91 Å². The lowest BCUT2D eigenvalue weighted by molar-refractivity contribution is 0.101. The van der Waals surface area contributed by atoms with Gasteiger partial charge in [-0.15, -0.1) is 0 Å². The van der Waals surface area contributed by atoms with Crippen molar-refractivity contribution in [2.24, 2.45) is 0 Å². The number of pyridine rings is 1. The molecule has 0 spiro atoms. The quantitative estimate of drug-likeness (QED) is 0.691. The number of amides is 1. The van der Waals surface area contributed by atoms with Gasteiger partial charge >= 0.3 is 0 Å². The Balaban J connectivity index is 2.17. The number of rotatable bonds is 3. The second-order valence-electron chi connectivity index (χ2n) is 3.96. The number of hydrogen-bond acceptors (Lipinski definition) is 3. The van der Waals surface area contributed by atoms with Crippen LogP contribution in [0.1, 0.15) is 27.6 Å². The maximum absolute atomic E-state index is 11.9. The molecule has 0 saturated carbocycles. The number of Topliss-reactive ketones (excluding diaryl/α,β-unsaturated/α-hetero) is 1. The summed E-state index contributed by atoms with van der Waals surface area (Å²) in [7, 11) is 0. The summed E-state index contributed by atoms with van der Waals surface area (Å²) in [6.07, 6.45) is 1.40. The lowest BCUT2D eigenvalue weighted by atomic mass is 10.1. The van der Waals surface area contributed by atoms with Gasteiger partial charge in [-0.2, -0.15) is 0 Å². The molecule has 1 N–H and O–H groups in total. The summed E-state index contributed by atoms with van der Waals surface area (Å²) in [5, 5.41) is 3.03. The maximum Gasteiger partial charge on any atom is 0.257 e. The fourth-order valence-corrected chi connectivity index (χ4v) is 1.64. The van der Waals surface area contributed by atoms with Crippen molar-refractivity contribution in [2.75, 3.05) is 5.32 Å². The third kappa shape index (κ3) is 3.39. The molecule has 0 radical (unpaired) electrons. The monoisotopic (exact) mass is 274 g/mol. The molecule has 1 heterocycles. The van der Waals surface area contributed by atoms with Crippen LogP contribution in [0.2, 0.25) is 5.15 Å². The van der Waals surface area contributed by atoms with E-state index in [-0.39, 0.29) is 11.7 Å². The third-order valence-electron chi connectivity index (χ3n) is 2.52. The third-order valence-corrected chi connectivity index (χ3v) is 2.74. The summed E-state index contributed by atoms with van der Waals surface area (Å²) in [5.41, 5.74) is 1.51. The Morgan fingerprint density at radius 3 is 2.58 bits per heavy atom. The maximum atomic E-state index is 11.9. The van der Waals surface area contributed by atoms with Crippen LogP contribution < -0.4 is 5.32 Å². The van der Waals surface area contributed by atoms with E-state index in [4.69, 9.17) is 11.6 Å². The second-order valence-corrected chi connectivity index (χ2v) is 4.35. The van der Waals surface area contributed by atoms with Crippen LogP contribution in [0.25, 0.3) is 0 Å². The Morgan fingerprint density at radius 2 is 1.95 bits per heavy atom. The molecule has 1 aromatic heterocycles. The number of aromatic nitrogens is 1. The molecule has 0 aliphatic carbocycles. The van der Waals surface area contributed by atoms with E-state index in [1.165, 1.54) is 13.1 Å². The van der Waals surface area contributed by atoms with Crippen molar-refractivity contribution in [3.8, 4) is 0 Å². The van der Waals surface area contributed by atoms with Crippen LogP contribution in [0.3, 0.4) is 0 Å². The average Bonchev–Trinajstić information content (AvgIpc) is 2.39. The number of anilines is 1. The van der Waals surface area contributed by atoms with Crippen LogP contribution in [-0.2, 0) is 0 Å². The number of nitrogens with zero attached hydrogens (tertiary/aromatic N) is 1. The summed E-state index contributed by atoms with van der Waals surface area (Å²) in [5.74, 6) is -0.353. The minimum absolute atomic E-state index is 0.0516. The topological polar surface area (TPSA) is 59.1 Å². The zero-order chi connectivity index (χ0) is 13.8. The first kappa shape index (κ1) is 13.2. The second kappa shape index (κ2) is 5.63. The highest BCUT2D eigenvalue weighted by Gasteiger charge is 2.07. The molecule has 5 heteroatoms. The average molecular weight is 275 g/mol. The molecule has 0 bridgehead atoms. The van der Waals surface area contributed by atoms with E-state index >= 15 is 0 Å². The van der Waals surface area contributed by atoms with Gasteiger partial charge in [-0.25, -0.2) is 4.98 Å². The first-order chi connectivity index (χ1) is 9.06. The summed E-state index contributed by atoms with van der Waals surface area (Å²) in [6, 6.07) is 9.88. The number of benzene rings is 1. The summed E-state index contributed by atoms with van der Waals surface area (Å²) in [6.45, 7) is 1.48. The van der Waals surface area contributed by atoms with Crippen molar-refractivity contribution in [1.29, 1.82) is 0 Å². The van der Waals surface area contributed by atoms with Gasteiger partial charge in [0.05, 0.1) is 5.56 Å². The van der Waals surface area contributed by atoms with Gasteiger partial charge in [0.15, 0.2) is 5.78 Å². The van der Waals surface area contributed by atoms with E-state index in [9.17, 15) is 9.59 Å². The minimum Gasteiger partial charge on any atom is -0.322 e. The lowest BCUT2D eigenvalue weighted by Crippen LogP contribution is -2.12. The van der Waals surface area contributed by atoms with Crippen molar-refractivity contribution < 1.29 is 9.59 Å². The van der Waals surface area contributed by atoms with Crippen LogP contribution in [0.15, 0.2) is 42.6 Å². The van der Waals surface area contributed by atoms with Gasteiger partial charge in [0.1, 0.15) is 5.15 Å². The van der Waals surface area contributed by atoms with Gasteiger partial charge < -0.3 is 5.32 Å². The summed E-state index contributed by atoms with van der Waals surface area (Å²) in [4.78, 5) is 27.0. The van der Waals surface area contributed by atoms with Crippen molar-refractivity contribution in [2.45, 2.75) is 6.92 Å². The molecule has 2 rings (SSSR count). The number of carbonyl (C=O) groups is 2. The fourth-order valence-electron chi connectivity index (χ4n) is 1.53. The van der Waals surface area contributed by atoms with Crippen LogP contribution in [0.4, 0.5) is 5.69 Å². The van der Waals surface area contributed by atoms with Gasteiger partial charge in [0, 0.05) is 17.4 Å². The molecule has 0 saturated heterocycles. The largest absolute Gasteiger partial charge is 0.322 e.